The fraction of sp³-hybridized carbons (Fsp3) is 0.364. The van der Waals surface area contributed by atoms with E-state index >= 15 is 0 Å². The summed E-state index contributed by atoms with van der Waals surface area (Å²) < 4.78 is 5.28. The summed E-state index contributed by atoms with van der Waals surface area (Å²) in [5, 5.41) is 13.3. The number of aryl methyl sites for hydroxylation is 2. The summed E-state index contributed by atoms with van der Waals surface area (Å²) in [5.41, 5.74) is 0.789. The van der Waals surface area contributed by atoms with Crippen LogP contribution in [0.1, 0.15) is 17.3 Å². The highest BCUT2D eigenvalue weighted by molar-refractivity contribution is 5.80. The standard InChI is InChI=1S/C11H15N3O4/c1-7-8(2)18-9(14-7)6-13-11(17)12-5-3-4-10(15)16/h3-4H,5-6H2,1-2H3,(H,15,16)(H2,12,13,17)/b4-3+. The van der Waals surface area contributed by atoms with Gasteiger partial charge in [-0.1, -0.05) is 6.08 Å². The van der Waals surface area contributed by atoms with Gasteiger partial charge in [0.25, 0.3) is 0 Å². The minimum absolute atomic E-state index is 0.141. The molecule has 0 radical (unpaired) electrons. The number of carboxylic acids is 1. The molecule has 0 fully saturated rings. The van der Waals surface area contributed by atoms with E-state index in [2.05, 4.69) is 15.6 Å². The molecule has 1 rings (SSSR count). The van der Waals surface area contributed by atoms with Crippen molar-refractivity contribution in [3.63, 3.8) is 0 Å². The molecular formula is C11H15N3O4. The summed E-state index contributed by atoms with van der Waals surface area (Å²) in [4.78, 5) is 25.5. The zero-order valence-corrected chi connectivity index (χ0v) is 10.2. The minimum Gasteiger partial charge on any atom is -0.478 e. The zero-order valence-electron chi connectivity index (χ0n) is 10.2. The Morgan fingerprint density at radius 3 is 2.67 bits per heavy atom. The van der Waals surface area contributed by atoms with E-state index in [4.69, 9.17) is 9.52 Å². The van der Waals surface area contributed by atoms with Gasteiger partial charge in [-0.25, -0.2) is 14.6 Å². The van der Waals surface area contributed by atoms with Crippen molar-refractivity contribution in [2.75, 3.05) is 6.54 Å². The van der Waals surface area contributed by atoms with Crippen LogP contribution in [0.3, 0.4) is 0 Å². The second kappa shape index (κ2) is 6.43. The largest absolute Gasteiger partial charge is 0.478 e. The van der Waals surface area contributed by atoms with Crippen molar-refractivity contribution in [1.82, 2.24) is 15.6 Å². The molecule has 0 aliphatic rings. The van der Waals surface area contributed by atoms with Crippen molar-refractivity contribution in [3.05, 3.63) is 29.5 Å². The lowest BCUT2D eigenvalue weighted by Crippen LogP contribution is -2.35. The van der Waals surface area contributed by atoms with E-state index in [-0.39, 0.29) is 13.1 Å². The number of carbonyl (C=O) groups excluding carboxylic acids is 1. The Hall–Kier alpha value is -2.31. The first kappa shape index (κ1) is 13.8. The molecule has 0 saturated carbocycles. The third kappa shape index (κ3) is 4.69. The van der Waals surface area contributed by atoms with Crippen molar-refractivity contribution in [2.24, 2.45) is 0 Å². The van der Waals surface area contributed by atoms with Crippen molar-refractivity contribution >= 4 is 12.0 Å². The van der Waals surface area contributed by atoms with E-state index in [1.165, 1.54) is 6.08 Å². The van der Waals surface area contributed by atoms with Crippen molar-refractivity contribution in [3.8, 4) is 0 Å². The third-order valence-electron chi connectivity index (χ3n) is 2.11. The molecule has 1 aromatic rings. The number of rotatable bonds is 5. The van der Waals surface area contributed by atoms with Gasteiger partial charge in [-0.2, -0.15) is 0 Å². The van der Waals surface area contributed by atoms with Gasteiger partial charge >= 0.3 is 12.0 Å². The van der Waals surface area contributed by atoms with Crippen LogP contribution in [0, 0.1) is 13.8 Å². The quantitative estimate of drug-likeness (QED) is 0.671. The second-order valence-electron chi connectivity index (χ2n) is 3.55. The van der Waals surface area contributed by atoms with Crippen LogP contribution in [0.15, 0.2) is 16.6 Å². The molecule has 1 heterocycles. The number of aliphatic carboxylic acids is 1. The summed E-state index contributed by atoms with van der Waals surface area (Å²) >= 11 is 0. The lowest BCUT2D eigenvalue weighted by atomic mass is 10.4. The molecule has 0 aliphatic heterocycles. The Morgan fingerprint density at radius 1 is 1.39 bits per heavy atom. The van der Waals surface area contributed by atoms with Gasteiger partial charge < -0.3 is 20.2 Å². The van der Waals surface area contributed by atoms with Crippen LogP contribution in [-0.2, 0) is 11.3 Å². The van der Waals surface area contributed by atoms with Gasteiger partial charge in [-0.05, 0) is 13.8 Å². The zero-order chi connectivity index (χ0) is 13.5. The fourth-order valence-corrected chi connectivity index (χ4v) is 1.14. The van der Waals surface area contributed by atoms with Crippen LogP contribution < -0.4 is 10.6 Å². The van der Waals surface area contributed by atoms with Crippen LogP contribution in [0.25, 0.3) is 0 Å². The fourth-order valence-electron chi connectivity index (χ4n) is 1.14. The van der Waals surface area contributed by atoms with Gasteiger partial charge in [0, 0.05) is 12.6 Å². The summed E-state index contributed by atoms with van der Waals surface area (Å²) in [6.07, 6.45) is 2.29. The maximum atomic E-state index is 11.3. The Bertz CT molecular complexity index is 445. The molecule has 0 saturated heterocycles. The third-order valence-corrected chi connectivity index (χ3v) is 2.11. The molecule has 3 N–H and O–H groups in total. The van der Waals surface area contributed by atoms with Crippen LogP contribution in [0.4, 0.5) is 4.79 Å². The number of hydrogen-bond donors (Lipinski definition) is 3. The molecule has 18 heavy (non-hydrogen) atoms. The first-order valence-electron chi connectivity index (χ1n) is 5.33. The second-order valence-corrected chi connectivity index (χ2v) is 3.55. The highest BCUT2D eigenvalue weighted by Crippen LogP contribution is 2.07. The van der Waals surface area contributed by atoms with E-state index < -0.39 is 12.0 Å². The summed E-state index contributed by atoms with van der Waals surface area (Å²) in [6.45, 7) is 3.94. The molecule has 2 amide bonds. The van der Waals surface area contributed by atoms with Crippen LogP contribution in [0.2, 0.25) is 0 Å². The van der Waals surface area contributed by atoms with Crippen LogP contribution in [-0.4, -0.2) is 28.6 Å². The average molecular weight is 253 g/mol. The Kier molecular flexibility index (Phi) is 4.91. The van der Waals surface area contributed by atoms with Crippen molar-refractivity contribution in [1.29, 1.82) is 0 Å². The number of nitrogens with one attached hydrogen (secondary N) is 2. The van der Waals surface area contributed by atoms with Gasteiger partial charge in [-0.3, -0.25) is 0 Å². The Balaban J connectivity index is 2.27. The van der Waals surface area contributed by atoms with Crippen molar-refractivity contribution < 1.29 is 19.1 Å². The molecule has 0 aliphatic carbocycles. The minimum atomic E-state index is -1.05. The summed E-state index contributed by atoms with van der Waals surface area (Å²) in [5.74, 6) is 0.0979. The van der Waals surface area contributed by atoms with Crippen molar-refractivity contribution in [2.45, 2.75) is 20.4 Å². The number of aromatic nitrogens is 1. The molecule has 0 atom stereocenters. The summed E-state index contributed by atoms with van der Waals surface area (Å²) in [6, 6.07) is -0.418. The van der Waals surface area contributed by atoms with Gasteiger partial charge in [-0.15, -0.1) is 0 Å². The molecule has 0 spiro atoms. The highest BCUT2D eigenvalue weighted by Gasteiger charge is 2.06. The summed E-state index contributed by atoms with van der Waals surface area (Å²) in [7, 11) is 0. The first-order chi connectivity index (χ1) is 8.49. The number of amides is 2. The predicted octanol–water partition coefficient (Wildman–Crippen LogP) is 0.731. The number of carboxylic acid groups (broad SMARTS) is 1. The molecule has 7 heteroatoms. The molecule has 98 valence electrons. The normalized spacial score (nSPS) is 10.6. The molecule has 0 bridgehead atoms. The number of hydrogen-bond acceptors (Lipinski definition) is 4. The van der Waals surface area contributed by atoms with Gasteiger partial charge in [0.05, 0.1) is 12.2 Å². The average Bonchev–Trinajstić information content (AvgIpc) is 2.61. The molecular weight excluding hydrogens is 238 g/mol. The Labute approximate surface area is 104 Å². The van der Waals surface area contributed by atoms with Gasteiger partial charge in [0.2, 0.25) is 5.89 Å². The maximum Gasteiger partial charge on any atom is 0.328 e. The first-order valence-corrected chi connectivity index (χ1v) is 5.33. The van der Waals surface area contributed by atoms with Gasteiger partial charge in [0.15, 0.2) is 0 Å². The van der Waals surface area contributed by atoms with E-state index in [1.54, 1.807) is 6.92 Å². The van der Waals surface area contributed by atoms with E-state index in [1.807, 2.05) is 6.92 Å². The monoisotopic (exact) mass is 253 g/mol. The molecule has 1 aromatic heterocycles. The lowest BCUT2D eigenvalue weighted by molar-refractivity contribution is -0.131. The van der Waals surface area contributed by atoms with E-state index in [9.17, 15) is 9.59 Å². The van der Waals surface area contributed by atoms with Crippen LogP contribution in [0.5, 0.6) is 0 Å². The van der Waals surface area contributed by atoms with E-state index in [0.717, 1.165) is 17.5 Å². The number of carbonyl (C=O) groups is 2. The number of nitrogens with zero attached hydrogens (tertiary/aromatic N) is 1. The number of urea groups is 1. The number of oxazole rings is 1. The Morgan fingerprint density at radius 2 is 2.11 bits per heavy atom. The highest BCUT2D eigenvalue weighted by atomic mass is 16.4. The SMILES string of the molecule is Cc1nc(CNC(=O)NC/C=C/C(=O)O)oc1C. The van der Waals surface area contributed by atoms with E-state index in [0.29, 0.717) is 5.89 Å². The smallest absolute Gasteiger partial charge is 0.328 e. The topological polar surface area (TPSA) is 104 Å². The molecule has 0 aromatic carbocycles. The maximum absolute atomic E-state index is 11.3. The molecule has 0 unspecified atom stereocenters. The lowest BCUT2D eigenvalue weighted by Gasteiger charge is -2.02. The molecule has 7 nitrogen and oxygen atoms in total. The van der Waals surface area contributed by atoms with Crippen LogP contribution >= 0.6 is 0 Å². The van der Waals surface area contributed by atoms with Gasteiger partial charge in [0.1, 0.15) is 5.76 Å². The predicted molar refractivity (Wildman–Crippen MR) is 63.0 cm³/mol.